The van der Waals surface area contributed by atoms with Crippen LogP contribution in [0, 0.1) is 0 Å². The van der Waals surface area contributed by atoms with Crippen LogP contribution in [-0.2, 0) is 0 Å². The van der Waals surface area contributed by atoms with Crippen molar-refractivity contribution in [2.75, 3.05) is 5.75 Å². The first kappa shape index (κ1) is 8.93. The van der Waals surface area contributed by atoms with Gasteiger partial charge in [-0.2, -0.15) is 0 Å². The number of aldehydes is 1. The van der Waals surface area contributed by atoms with E-state index in [1.165, 1.54) is 11.8 Å². The molecule has 1 aromatic rings. The second kappa shape index (κ2) is 3.25. The fourth-order valence-corrected chi connectivity index (χ4v) is 3.29. The van der Waals surface area contributed by atoms with Crippen molar-refractivity contribution >= 4 is 35.2 Å². The van der Waals surface area contributed by atoms with Crippen LogP contribution in [0.4, 0.5) is 0 Å². The molecule has 3 nitrogen and oxygen atoms in total. The van der Waals surface area contributed by atoms with Crippen molar-refractivity contribution in [3.63, 3.8) is 0 Å². The molecule has 0 saturated heterocycles. The fraction of sp³-hybridized carbons (Fsp3) is 0.250. The van der Waals surface area contributed by atoms with E-state index >= 15 is 0 Å². The monoisotopic (exact) mass is 214 g/mol. The molecule has 0 bridgehead atoms. The molecule has 1 atom stereocenters. The van der Waals surface area contributed by atoms with Crippen molar-refractivity contribution in [1.82, 2.24) is 0 Å². The summed E-state index contributed by atoms with van der Waals surface area (Å²) in [7, 11) is 0. The smallest absolute Gasteiger partial charge is 0.203 e. The summed E-state index contributed by atoms with van der Waals surface area (Å²) in [6, 6.07) is 1.70. The minimum Gasteiger partial charge on any atom is -0.384 e. The molecule has 5 heteroatoms. The van der Waals surface area contributed by atoms with Gasteiger partial charge in [0.25, 0.3) is 0 Å². The van der Waals surface area contributed by atoms with Crippen molar-refractivity contribution in [3.05, 3.63) is 15.8 Å². The molecule has 2 rings (SSSR count). The number of hydrogen-bond acceptors (Lipinski definition) is 5. The molecule has 0 aromatic carbocycles. The first-order valence-corrected chi connectivity index (χ1v) is 5.46. The number of rotatable bonds is 1. The molecular formula is C8H6O3S2. The summed E-state index contributed by atoms with van der Waals surface area (Å²) in [5.41, 5.74) is 0. The number of Topliss-reactive ketones (excluding diaryl/α,β-unsaturated/α-hetero) is 1. The predicted molar refractivity (Wildman–Crippen MR) is 50.8 cm³/mol. The molecule has 0 saturated carbocycles. The van der Waals surface area contributed by atoms with Gasteiger partial charge in [-0.3, -0.25) is 9.59 Å². The lowest BCUT2D eigenvalue weighted by Crippen LogP contribution is -2.25. The first-order chi connectivity index (χ1) is 6.22. The molecule has 2 heterocycles. The predicted octanol–water partition coefficient (Wildman–Crippen LogP) is 1.21. The third-order valence-corrected chi connectivity index (χ3v) is 4.08. The highest BCUT2D eigenvalue weighted by molar-refractivity contribution is 7.99. The molecule has 0 aliphatic carbocycles. The summed E-state index contributed by atoms with van der Waals surface area (Å²) >= 11 is 2.57. The SMILES string of the molecule is O=Cc1cc2c(s1)C(=O)C(O)CS2. The maximum Gasteiger partial charge on any atom is 0.203 e. The van der Waals surface area contributed by atoms with Crippen molar-refractivity contribution in [1.29, 1.82) is 0 Å². The summed E-state index contributed by atoms with van der Waals surface area (Å²) in [4.78, 5) is 23.7. The molecule has 1 aliphatic heterocycles. The zero-order valence-corrected chi connectivity index (χ0v) is 8.15. The molecule has 13 heavy (non-hydrogen) atoms. The van der Waals surface area contributed by atoms with E-state index in [9.17, 15) is 14.7 Å². The van der Waals surface area contributed by atoms with Crippen LogP contribution in [0.3, 0.4) is 0 Å². The van der Waals surface area contributed by atoms with Crippen LogP contribution in [0.25, 0.3) is 0 Å². The number of thioether (sulfide) groups is 1. The maximum atomic E-state index is 11.4. The number of ketones is 1. The number of hydrogen-bond donors (Lipinski definition) is 1. The van der Waals surface area contributed by atoms with E-state index < -0.39 is 6.10 Å². The van der Waals surface area contributed by atoms with Gasteiger partial charge < -0.3 is 5.11 Å². The molecular weight excluding hydrogens is 208 g/mol. The number of aliphatic hydroxyl groups excluding tert-OH is 1. The summed E-state index contributed by atoms with van der Waals surface area (Å²) in [5, 5.41) is 9.25. The lowest BCUT2D eigenvalue weighted by molar-refractivity contribution is 0.0784. The van der Waals surface area contributed by atoms with E-state index in [-0.39, 0.29) is 5.78 Å². The van der Waals surface area contributed by atoms with Crippen LogP contribution in [0.1, 0.15) is 19.3 Å². The van der Waals surface area contributed by atoms with Crippen LogP contribution < -0.4 is 0 Å². The molecule has 0 radical (unpaired) electrons. The van der Waals surface area contributed by atoms with Crippen LogP contribution in [0.5, 0.6) is 0 Å². The van der Waals surface area contributed by atoms with Gasteiger partial charge in [-0.15, -0.1) is 23.1 Å². The number of carbonyl (C=O) groups is 2. The van der Waals surface area contributed by atoms with Crippen molar-refractivity contribution in [2.24, 2.45) is 0 Å². The summed E-state index contributed by atoms with van der Waals surface area (Å²) in [5.74, 6) is 0.132. The average molecular weight is 214 g/mol. The van der Waals surface area contributed by atoms with E-state index in [1.807, 2.05) is 0 Å². The lowest BCUT2D eigenvalue weighted by atomic mass is 10.2. The second-order valence-corrected chi connectivity index (χ2v) is 4.80. The number of thiophene rings is 1. The van der Waals surface area contributed by atoms with Gasteiger partial charge in [-0.05, 0) is 6.07 Å². The quantitative estimate of drug-likeness (QED) is 0.714. The molecule has 1 aromatic heterocycles. The molecule has 0 spiro atoms. The zero-order valence-electron chi connectivity index (χ0n) is 6.52. The summed E-state index contributed by atoms with van der Waals surface area (Å²) in [6.07, 6.45) is -0.181. The minimum atomic E-state index is -0.907. The Morgan fingerprint density at radius 1 is 1.62 bits per heavy atom. The Hall–Kier alpha value is -0.650. The standard InChI is InChI=1S/C8H6O3S2/c9-2-4-1-6-8(13-4)7(11)5(10)3-12-6/h1-2,5,10H,3H2. The molecule has 1 aliphatic rings. The normalized spacial score (nSPS) is 21.3. The summed E-state index contributed by atoms with van der Waals surface area (Å²) < 4.78 is 0. The van der Waals surface area contributed by atoms with Gasteiger partial charge >= 0.3 is 0 Å². The van der Waals surface area contributed by atoms with Gasteiger partial charge in [-0.1, -0.05) is 0 Å². The van der Waals surface area contributed by atoms with Gasteiger partial charge in [0, 0.05) is 10.6 Å². The van der Waals surface area contributed by atoms with Crippen LogP contribution in [-0.4, -0.2) is 29.0 Å². The topological polar surface area (TPSA) is 54.4 Å². The number of fused-ring (bicyclic) bond motifs is 1. The van der Waals surface area contributed by atoms with E-state index in [2.05, 4.69) is 0 Å². The Kier molecular flexibility index (Phi) is 2.23. The highest BCUT2D eigenvalue weighted by Gasteiger charge is 2.28. The van der Waals surface area contributed by atoms with Gasteiger partial charge in [0.05, 0.1) is 9.75 Å². The Balaban J connectivity index is 2.47. The third kappa shape index (κ3) is 1.43. The van der Waals surface area contributed by atoms with E-state index in [4.69, 9.17) is 0 Å². The van der Waals surface area contributed by atoms with Crippen LogP contribution in [0.15, 0.2) is 11.0 Å². The Morgan fingerprint density at radius 2 is 2.38 bits per heavy atom. The molecule has 0 amide bonds. The Labute approximate surface area is 82.8 Å². The van der Waals surface area contributed by atoms with E-state index in [0.29, 0.717) is 15.5 Å². The second-order valence-electron chi connectivity index (χ2n) is 2.65. The minimum absolute atomic E-state index is 0.258. The number of aliphatic hydroxyl groups is 1. The van der Waals surface area contributed by atoms with E-state index in [1.54, 1.807) is 6.07 Å². The van der Waals surface area contributed by atoms with Gasteiger partial charge in [-0.25, -0.2) is 0 Å². The Bertz CT molecular complexity index is 369. The largest absolute Gasteiger partial charge is 0.384 e. The third-order valence-electron chi connectivity index (χ3n) is 1.76. The fourth-order valence-electron chi connectivity index (χ4n) is 1.13. The lowest BCUT2D eigenvalue weighted by Gasteiger charge is -2.14. The van der Waals surface area contributed by atoms with E-state index in [0.717, 1.165) is 22.5 Å². The first-order valence-electron chi connectivity index (χ1n) is 3.66. The van der Waals surface area contributed by atoms with Crippen LogP contribution in [0.2, 0.25) is 0 Å². The highest BCUT2D eigenvalue weighted by atomic mass is 32.2. The molecule has 1 unspecified atom stereocenters. The van der Waals surface area contributed by atoms with Gasteiger partial charge in [0.2, 0.25) is 5.78 Å². The molecule has 68 valence electrons. The number of carbonyl (C=O) groups excluding carboxylic acids is 2. The van der Waals surface area contributed by atoms with Crippen molar-refractivity contribution in [2.45, 2.75) is 11.0 Å². The molecule has 0 fully saturated rings. The summed E-state index contributed by atoms with van der Waals surface area (Å²) in [6.45, 7) is 0. The maximum absolute atomic E-state index is 11.4. The average Bonchev–Trinajstić information content (AvgIpc) is 2.55. The molecule has 1 N–H and O–H groups in total. The van der Waals surface area contributed by atoms with Crippen molar-refractivity contribution < 1.29 is 14.7 Å². The van der Waals surface area contributed by atoms with Crippen molar-refractivity contribution in [3.8, 4) is 0 Å². The zero-order chi connectivity index (χ0) is 9.42. The Morgan fingerprint density at radius 3 is 3.08 bits per heavy atom. The highest BCUT2D eigenvalue weighted by Crippen LogP contribution is 2.35. The van der Waals surface area contributed by atoms with Gasteiger partial charge in [0.1, 0.15) is 6.10 Å². The van der Waals surface area contributed by atoms with Gasteiger partial charge in [0.15, 0.2) is 6.29 Å². The van der Waals surface area contributed by atoms with Crippen LogP contribution >= 0.6 is 23.1 Å².